The highest BCUT2D eigenvalue weighted by Crippen LogP contribution is 2.34. The minimum Gasteiger partial charge on any atom is -0.496 e. The van der Waals surface area contributed by atoms with E-state index in [2.05, 4.69) is 20.3 Å². The molecule has 0 fully saturated rings. The van der Waals surface area contributed by atoms with E-state index in [0.717, 1.165) is 56.5 Å². The largest absolute Gasteiger partial charge is 0.496 e. The molecule has 9 nitrogen and oxygen atoms in total. The van der Waals surface area contributed by atoms with Crippen LogP contribution in [0.5, 0.6) is 5.75 Å². The topological polar surface area (TPSA) is 124 Å². The van der Waals surface area contributed by atoms with Crippen molar-refractivity contribution >= 4 is 28.7 Å². The summed E-state index contributed by atoms with van der Waals surface area (Å²) in [6, 6.07) is 0.188. The van der Waals surface area contributed by atoms with E-state index in [0.29, 0.717) is 13.1 Å². The first-order chi connectivity index (χ1) is 14.0. The predicted octanol–water partition coefficient (Wildman–Crippen LogP) is 1.08. The first-order valence-corrected chi connectivity index (χ1v) is 10.5. The van der Waals surface area contributed by atoms with Crippen LogP contribution in [-0.4, -0.2) is 61.9 Å². The summed E-state index contributed by atoms with van der Waals surface area (Å²) in [6.07, 6.45) is 2.55. The molecular weight excluding hydrogens is 390 g/mol. The van der Waals surface area contributed by atoms with Crippen LogP contribution in [0.3, 0.4) is 0 Å². The minimum atomic E-state index is 0.102. The van der Waals surface area contributed by atoms with Crippen molar-refractivity contribution < 1.29 is 9.84 Å². The summed E-state index contributed by atoms with van der Waals surface area (Å²) in [5, 5.41) is 19.2. The molecule has 0 amide bonds. The Bertz CT molecular complexity index is 1050. The molecule has 0 aliphatic carbocycles. The van der Waals surface area contributed by atoms with Gasteiger partial charge in [-0.3, -0.25) is 4.98 Å². The Balaban J connectivity index is 1.76. The molecule has 3 aromatic rings. The average Bonchev–Trinajstić information content (AvgIpc) is 2.92. The third-order valence-corrected chi connectivity index (χ3v) is 6.24. The highest BCUT2D eigenvalue weighted by atomic mass is 32.2. The molecule has 4 heterocycles. The Morgan fingerprint density at radius 1 is 1.38 bits per heavy atom. The molecule has 0 bridgehead atoms. The molecule has 4 rings (SSSR count). The van der Waals surface area contributed by atoms with Gasteiger partial charge in [-0.15, -0.1) is 11.8 Å². The van der Waals surface area contributed by atoms with E-state index < -0.39 is 0 Å². The highest BCUT2D eigenvalue weighted by Gasteiger charge is 2.25. The van der Waals surface area contributed by atoms with Gasteiger partial charge in [-0.2, -0.15) is 10.1 Å². The van der Waals surface area contributed by atoms with Gasteiger partial charge in [0, 0.05) is 42.1 Å². The average molecular weight is 416 g/mol. The van der Waals surface area contributed by atoms with Crippen LogP contribution in [0.1, 0.15) is 22.5 Å². The van der Waals surface area contributed by atoms with Crippen molar-refractivity contribution in [2.75, 3.05) is 31.7 Å². The van der Waals surface area contributed by atoms with Crippen molar-refractivity contribution in [3.05, 3.63) is 28.7 Å². The second-order valence-electron chi connectivity index (χ2n) is 7.13. The van der Waals surface area contributed by atoms with Crippen LogP contribution in [0.2, 0.25) is 0 Å². The number of aromatic nitrogens is 5. The van der Waals surface area contributed by atoms with E-state index in [-0.39, 0.29) is 18.6 Å². The molecule has 1 aliphatic rings. The van der Waals surface area contributed by atoms with Gasteiger partial charge in [0.2, 0.25) is 5.95 Å². The number of ether oxygens (including phenoxy) is 1. The monoisotopic (exact) mass is 415 g/mol. The summed E-state index contributed by atoms with van der Waals surface area (Å²) in [4.78, 5) is 13.5. The second kappa shape index (κ2) is 8.13. The van der Waals surface area contributed by atoms with E-state index in [1.54, 1.807) is 18.9 Å². The van der Waals surface area contributed by atoms with Gasteiger partial charge >= 0.3 is 0 Å². The molecule has 154 valence electrons. The van der Waals surface area contributed by atoms with Crippen LogP contribution in [-0.2, 0) is 13.0 Å². The number of nitrogen functional groups attached to an aromatic ring is 1. The van der Waals surface area contributed by atoms with Crippen LogP contribution in [0.25, 0.3) is 11.0 Å². The number of aliphatic hydroxyl groups is 1. The molecular formula is C19H25N7O2S. The lowest BCUT2D eigenvalue weighted by Crippen LogP contribution is -2.35. The summed E-state index contributed by atoms with van der Waals surface area (Å²) in [5.74, 6) is 1.91. The van der Waals surface area contributed by atoms with Crippen molar-refractivity contribution in [3.8, 4) is 5.75 Å². The fraction of sp³-hybridized carbons (Fsp3) is 0.474. The number of nitrogens with one attached hydrogen (secondary N) is 1. The van der Waals surface area contributed by atoms with Gasteiger partial charge in [0.25, 0.3) is 0 Å². The predicted molar refractivity (Wildman–Crippen MR) is 112 cm³/mol. The molecule has 0 spiro atoms. The lowest BCUT2D eigenvalue weighted by Gasteiger charge is -2.15. The molecule has 1 atom stereocenters. The van der Waals surface area contributed by atoms with Crippen LogP contribution in [0.4, 0.5) is 5.95 Å². The molecule has 0 saturated carbocycles. The standard InChI is InChI=1S/C19H25N7O2S/c1-10-7-22-14(11(2)16(10)28-3)8-26-17-15-13(25-26)6-12(21-4-5-27)9-29-18(15)24-19(20)23-17/h7,12,21,27H,4-6,8-9H2,1-3H3,(H2,20,23,24). The third kappa shape index (κ3) is 3.75. The lowest BCUT2D eigenvalue weighted by molar-refractivity contribution is 0.286. The number of hydrogen-bond donors (Lipinski definition) is 3. The Kier molecular flexibility index (Phi) is 5.57. The van der Waals surface area contributed by atoms with Crippen LogP contribution in [0.15, 0.2) is 11.2 Å². The van der Waals surface area contributed by atoms with Crippen LogP contribution in [0, 0.1) is 13.8 Å². The van der Waals surface area contributed by atoms with Crippen molar-refractivity contribution in [1.29, 1.82) is 0 Å². The SMILES string of the molecule is COc1c(C)cnc(Cn2nc3c4c(nc(N)nc42)SCC(NCCO)C3)c1C. The van der Waals surface area contributed by atoms with E-state index >= 15 is 0 Å². The van der Waals surface area contributed by atoms with E-state index in [1.165, 1.54) is 0 Å². The Morgan fingerprint density at radius 2 is 2.21 bits per heavy atom. The first kappa shape index (κ1) is 19.9. The molecule has 1 aliphatic heterocycles. The Labute approximate surface area is 173 Å². The molecule has 0 aromatic carbocycles. The van der Waals surface area contributed by atoms with Gasteiger partial charge in [-0.1, -0.05) is 0 Å². The molecule has 4 N–H and O–H groups in total. The summed E-state index contributed by atoms with van der Waals surface area (Å²) in [6.45, 7) is 5.10. The van der Waals surface area contributed by atoms with E-state index in [9.17, 15) is 0 Å². The maximum Gasteiger partial charge on any atom is 0.223 e. The molecule has 0 saturated heterocycles. The molecule has 10 heteroatoms. The van der Waals surface area contributed by atoms with Gasteiger partial charge in [0.05, 0.1) is 37.0 Å². The van der Waals surface area contributed by atoms with Crippen molar-refractivity contribution in [1.82, 2.24) is 30.0 Å². The van der Waals surface area contributed by atoms with Gasteiger partial charge in [0.1, 0.15) is 10.8 Å². The van der Waals surface area contributed by atoms with Crippen molar-refractivity contribution in [3.63, 3.8) is 0 Å². The van der Waals surface area contributed by atoms with Gasteiger partial charge in [-0.05, 0) is 13.8 Å². The zero-order valence-electron chi connectivity index (χ0n) is 16.8. The normalized spacial score (nSPS) is 16.2. The first-order valence-electron chi connectivity index (χ1n) is 9.50. The lowest BCUT2D eigenvalue weighted by atomic mass is 10.1. The number of hydrogen-bond acceptors (Lipinski definition) is 9. The summed E-state index contributed by atoms with van der Waals surface area (Å²) in [5.41, 5.74) is 10.5. The maximum absolute atomic E-state index is 9.14. The smallest absolute Gasteiger partial charge is 0.223 e. The number of methoxy groups -OCH3 is 1. The van der Waals surface area contributed by atoms with Crippen molar-refractivity contribution in [2.24, 2.45) is 0 Å². The third-order valence-electron chi connectivity index (χ3n) is 5.10. The molecule has 0 radical (unpaired) electrons. The number of anilines is 1. The summed E-state index contributed by atoms with van der Waals surface area (Å²) >= 11 is 1.64. The summed E-state index contributed by atoms with van der Waals surface area (Å²) in [7, 11) is 1.67. The zero-order valence-corrected chi connectivity index (χ0v) is 17.6. The number of aryl methyl sites for hydroxylation is 1. The van der Waals surface area contributed by atoms with Crippen molar-refractivity contribution in [2.45, 2.75) is 37.9 Å². The second-order valence-corrected chi connectivity index (χ2v) is 8.13. The number of nitrogens with zero attached hydrogens (tertiary/aromatic N) is 5. The number of rotatable bonds is 6. The highest BCUT2D eigenvalue weighted by molar-refractivity contribution is 7.99. The molecule has 3 aromatic heterocycles. The molecule has 1 unspecified atom stereocenters. The quantitative estimate of drug-likeness (QED) is 0.507. The van der Waals surface area contributed by atoms with Gasteiger partial charge in [0.15, 0.2) is 5.65 Å². The maximum atomic E-state index is 9.14. The van der Waals surface area contributed by atoms with Crippen LogP contribution >= 0.6 is 11.8 Å². The van der Waals surface area contributed by atoms with E-state index in [1.807, 2.05) is 24.7 Å². The molecule has 29 heavy (non-hydrogen) atoms. The number of nitrogens with two attached hydrogens (primary N) is 1. The minimum absolute atomic E-state index is 0.102. The Morgan fingerprint density at radius 3 is 2.97 bits per heavy atom. The number of thioether (sulfide) groups is 1. The van der Waals surface area contributed by atoms with E-state index in [4.69, 9.17) is 20.7 Å². The fourth-order valence-electron chi connectivity index (χ4n) is 3.73. The van der Waals surface area contributed by atoms with Gasteiger partial charge in [-0.25, -0.2) is 9.67 Å². The number of pyridine rings is 1. The zero-order chi connectivity index (χ0) is 20.5. The Hall–Kier alpha value is -2.43. The number of aliphatic hydroxyl groups excluding tert-OH is 1. The fourth-order valence-corrected chi connectivity index (χ4v) is 4.84. The van der Waals surface area contributed by atoms with Crippen LogP contribution < -0.4 is 15.8 Å². The van der Waals surface area contributed by atoms with Gasteiger partial charge < -0.3 is 20.9 Å². The summed E-state index contributed by atoms with van der Waals surface area (Å²) < 4.78 is 7.39.